The van der Waals surface area contributed by atoms with Crippen LogP contribution in [-0.2, 0) is 14.3 Å². The van der Waals surface area contributed by atoms with E-state index in [1.807, 2.05) is 4.90 Å². The van der Waals surface area contributed by atoms with Crippen LogP contribution in [0.1, 0.15) is 0 Å². The molecule has 0 saturated carbocycles. The lowest BCUT2D eigenvalue weighted by Crippen LogP contribution is -2.50. The van der Waals surface area contributed by atoms with Gasteiger partial charge in [0, 0.05) is 31.2 Å². The molecule has 0 atom stereocenters. The predicted octanol–water partition coefficient (Wildman–Crippen LogP) is 3.51. The molecular weight excluding hydrogens is 467 g/mol. The zero-order valence-corrected chi connectivity index (χ0v) is 17.8. The Morgan fingerprint density at radius 1 is 1.07 bits per heavy atom. The molecule has 0 radical (unpaired) electrons. The maximum absolute atomic E-state index is 13.9. The largest absolute Gasteiger partial charge is 0.481 e. The molecule has 0 aromatic heterocycles. The number of amides is 1. The van der Waals surface area contributed by atoms with Crippen molar-refractivity contribution in [2.24, 2.45) is 0 Å². The van der Waals surface area contributed by atoms with Crippen molar-refractivity contribution in [3.05, 3.63) is 57.8 Å². The zero-order chi connectivity index (χ0) is 20.8. The van der Waals surface area contributed by atoms with E-state index in [-0.39, 0.29) is 24.9 Å². The van der Waals surface area contributed by atoms with Crippen LogP contribution in [0.3, 0.4) is 0 Å². The Kier molecular flexibility index (Phi) is 7.33. The van der Waals surface area contributed by atoms with Crippen LogP contribution < -0.4 is 9.64 Å². The standard InChI is InChI=1S/C20H19BrClFN2O4/c21-15-11-14(22)5-6-18(15)28-13-20(27)29-12-19(26)25-9-7-24(8-10-25)17-4-2-1-3-16(17)23/h1-6,11H,7-10,12-13H2. The molecule has 0 spiro atoms. The van der Waals surface area contributed by atoms with Crippen LogP contribution >= 0.6 is 27.5 Å². The van der Waals surface area contributed by atoms with Crippen LogP contribution in [0.25, 0.3) is 0 Å². The first-order chi connectivity index (χ1) is 13.9. The van der Waals surface area contributed by atoms with Gasteiger partial charge in [0.05, 0.1) is 10.2 Å². The van der Waals surface area contributed by atoms with Crippen molar-refractivity contribution < 1.29 is 23.5 Å². The number of nitrogens with zero attached hydrogens (tertiary/aromatic N) is 2. The monoisotopic (exact) mass is 484 g/mol. The summed E-state index contributed by atoms with van der Waals surface area (Å²) in [6.45, 7) is 1.19. The Morgan fingerprint density at radius 2 is 1.79 bits per heavy atom. The van der Waals surface area contributed by atoms with E-state index in [0.29, 0.717) is 47.1 Å². The van der Waals surface area contributed by atoms with Gasteiger partial charge in [-0.1, -0.05) is 23.7 Å². The second-order valence-corrected chi connectivity index (χ2v) is 7.63. The van der Waals surface area contributed by atoms with Crippen LogP contribution in [0.2, 0.25) is 5.02 Å². The lowest BCUT2D eigenvalue weighted by molar-refractivity contribution is -0.153. The maximum Gasteiger partial charge on any atom is 0.344 e. The summed E-state index contributed by atoms with van der Waals surface area (Å²) in [6, 6.07) is 11.5. The maximum atomic E-state index is 13.9. The number of anilines is 1. The average Bonchev–Trinajstić information content (AvgIpc) is 2.72. The highest BCUT2D eigenvalue weighted by Gasteiger charge is 2.23. The van der Waals surface area contributed by atoms with E-state index in [9.17, 15) is 14.0 Å². The van der Waals surface area contributed by atoms with E-state index in [0.717, 1.165) is 0 Å². The van der Waals surface area contributed by atoms with E-state index < -0.39 is 5.97 Å². The SMILES string of the molecule is O=C(COc1ccc(Cl)cc1Br)OCC(=O)N1CCN(c2ccccc2F)CC1. The number of para-hydroxylation sites is 1. The molecule has 2 aromatic carbocycles. The van der Waals surface area contributed by atoms with Crippen molar-refractivity contribution in [2.45, 2.75) is 0 Å². The number of carbonyl (C=O) groups excluding carboxylic acids is 2. The van der Waals surface area contributed by atoms with Crippen LogP contribution in [0.15, 0.2) is 46.9 Å². The molecule has 1 aliphatic rings. The fraction of sp³-hybridized carbons (Fsp3) is 0.300. The fourth-order valence-corrected chi connectivity index (χ4v) is 3.71. The summed E-state index contributed by atoms with van der Waals surface area (Å²) in [5, 5.41) is 0.535. The summed E-state index contributed by atoms with van der Waals surface area (Å²) in [7, 11) is 0. The summed E-state index contributed by atoms with van der Waals surface area (Å²) in [4.78, 5) is 27.6. The van der Waals surface area contributed by atoms with Gasteiger partial charge in [0.15, 0.2) is 13.2 Å². The van der Waals surface area contributed by atoms with Gasteiger partial charge >= 0.3 is 5.97 Å². The third-order valence-electron chi connectivity index (χ3n) is 4.42. The molecule has 1 aliphatic heterocycles. The molecule has 9 heteroatoms. The number of rotatable bonds is 6. The summed E-state index contributed by atoms with van der Waals surface area (Å²) in [5.74, 6) is -0.778. The lowest BCUT2D eigenvalue weighted by Gasteiger charge is -2.36. The van der Waals surface area contributed by atoms with Crippen molar-refractivity contribution in [1.82, 2.24) is 4.90 Å². The highest BCUT2D eigenvalue weighted by molar-refractivity contribution is 9.10. The van der Waals surface area contributed by atoms with Crippen molar-refractivity contribution in [2.75, 3.05) is 44.3 Å². The molecule has 0 aliphatic carbocycles. The minimum Gasteiger partial charge on any atom is -0.481 e. The Morgan fingerprint density at radius 3 is 2.48 bits per heavy atom. The highest BCUT2D eigenvalue weighted by atomic mass is 79.9. The van der Waals surface area contributed by atoms with E-state index >= 15 is 0 Å². The first kappa shape index (κ1) is 21.4. The minimum atomic E-state index is -0.648. The minimum absolute atomic E-state index is 0.284. The number of esters is 1. The molecule has 3 rings (SSSR count). The molecule has 154 valence electrons. The number of carbonyl (C=O) groups is 2. The van der Waals surface area contributed by atoms with Gasteiger partial charge in [-0.15, -0.1) is 0 Å². The van der Waals surface area contributed by atoms with E-state index in [2.05, 4.69) is 15.9 Å². The van der Waals surface area contributed by atoms with Gasteiger partial charge in [0.1, 0.15) is 11.6 Å². The second kappa shape index (κ2) is 9.93. The van der Waals surface area contributed by atoms with E-state index in [1.165, 1.54) is 6.07 Å². The molecule has 6 nitrogen and oxygen atoms in total. The third-order valence-corrected chi connectivity index (χ3v) is 5.28. The summed E-state index contributed by atoms with van der Waals surface area (Å²) in [6.07, 6.45) is 0. The van der Waals surface area contributed by atoms with E-state index in [1.54, 1.807) is 41.3 Å². The van der Waals surface area contributed by atoms with Gasteiger partial charge in [-0.25, -0.2) is 9.18 Å². The topological polar surface area (TPSA) is 59.1 Å². The Balaban J connectivity index is 1.40. The Bertz CT molecular complexity index is 891. The molecule has 1 amide bonds. The molecule has 2 aromatic rings. The zero-order valence-electron chi connectivity index (χ0n) is 15.4. The van der Waals surface area contributed by atoms with Crippen LogP contribution in [-0.4, -0.2) is 56.2 Å². The number of halogens is 3. The average molecular weight is 486 g/mol. The molecular formula is C20H19BrClFN2O4. The molecule has 1 saturated heterocycles. The highest BCUT2D eigenvalue weighted by Crippen LogP contribution is 2.27. The molecule has 1 fully saturated rings. The lowest BCUT2D eigenvalue weighted by atomic mass is 10.2. The number of ether oxygens (including phenoxy) is 2. The summed E-state index contributed by atoms with van der Waals surface area (Å²) >= 11 is 9.14. The molecule has 0 unspecified atom stereocenters. The second-order valence-electron chi connectivity index (χ2n) is 6.34. The summed E-state index contributed by atoms with van der Waals surface area (Å²) in [5.41, 5.74) is 0.525. The molecule has 0 N–H and O–H groups in total. The van der Waals surface area contributed by atoms with Crippen molar-refractivity contribution in [1.29, 1.82) is 0 Å². The number of hydrogen-bond donors (Lipinski definition) is 0. The van der Waals surface area contributed by atoms with Crippen molar-refractivity contribution in [3.63, 3.8) is 0 Å². The van der Waals surface area contributed by atoms with Crippen molar-refractivity contribution in [3.8, 4) is 5.75 Å². The Hall–Kier alpha value is -2.32. The van der Waals surface area contributed by atoms with Crippen LogP contribution in [0.4, 0.5) is 10.1 Å². The van der Waals surface area contributed by atoms with Gasteiger partial charge in [-0.05, 0) is 46.3 Å². The van der Waals surface area contributed by atoms with Gasteiger partial charge < -0.3 is 19.3 Å². The van der Waals surface area contributed by atoms with Crippen LogP contribution in [0.5, 0.6) is 5.75 Å². The molecule has 1 heterocycles. The first-order valence-corrected chi connectivity index (χ1v) is 10.1. The first-order valence-electron chi connectivity index (χ1n) is 8.95. The Labute approximate surface area is 181 Å². The van der Waals surface area contributed by atoms with Gasteiger partial charge in [0.2, 0.25) is 0 Å². The van der Waals surface area contributed by atoms with Crippen LogP contribution in [0, 0.1) is 5.82 Å². The van der Waals surface area contributed by atoms with E-state index in [4.69, 9.17) is 21.1 Å². The quantitative estimate of drug-likeness (QED) is 0.586. The number of piperazine rings is 1. The van der Waals surface area contributed by atoms with Gasteiger partial charge in [-0.3, -0.25) is 4.79 Å². The van der Waals surface area contributed by atoms with Gasteiger partial charge in [0.25, 0.3) is 5.91 Å². The predicted molar refractivity (Wildman–Crippen MR) is 111 cm³/mol. The van der Waals surface area contributed by atoms with Gasteiger partial charge in [-0.2, -0.15) is 0 Å². The number of benzene rings is 2. The summed E-state index contributed by atoms with van der Waals surface area (Å²) < 4.78 is 24.9. The smallest absolute Gasteiger partial charge is 0.344 e. The normalized spacial score (nSPS) is 13.9. The fourth-order valence-electron chi connectivity index (χ4n) is 2.91. The third kappa shape index (κ3) is 5.83. The number of hydrogen-bond acceptors (Lipinski definition) is 5. The van der Waals surface area contributed by atoms with Crippen molar-refractivity contribution >= 4 is 45.1 Å². The molecule has 0 bridgehead atoms. The molecule has 29 heavy (non-hydrogen) atoms.